The van der Waals surface area contributed by atoms with E-state index in [1.54, 1.807) is 12.4 Å². The van der Waals surface area contributed by atoms with E-state index in [1.165, 1.54) is 0 Å². The van der Waals surface area contributed by atoms with Gasteiger partial charge >= 0.3 is 6.01 Å². The van der Waals surface area contributed by atoms with Gasteiger partial charge in [0, 0.05) is 49.7 Å². The molecule has 47 heavy (non-hydrogen) atoms. The predicted octanol–water partition coefficient (Wildman–Crippen LogP) is 3.59. The predicted molar refractivity (Wildman–Crippen MR) is 173 cm³/mol. The largest absolute Gasteiger partial charge is 0.461 e. The van der Waals surface area contributed by atoms with Crippen molar-refractivity contribution in [1.82, 2.24) is 39.5 Å². The lowest BCUT2D eigenvalue weighted by molar-refractivity contribution is 0.107. The van der Waals surface area contributed by atoms with Gasteiger partial charge < -0.3 is 9.64 Å². The molecule has 2 aromatic carbocycles. The topological polar surface area (TPSA) is 141 Å². The molecule has 3 N–H and O–H groups in total. The molecule has 1 unspecified atom stereocenters. The number of nitrogens with one attached hydrogen (secondary N) is 3. The molecule has 4 aliphatic rings. The van der Waals surface area contributed by atoms with E-state index in [2.05, 4.69) is 34.5 Å². The Morgan fingerprint density at radius 1 is 1.06 bits per heavy atom. The van der Waals surface area contributed by atoms with Crippen LogP contribution in [0.5, 0.6) is 6.01 Å². The zero-order valence-corrected chi connectivity index (χ0v) is 26.3. The number of aromatic nitrogens is 5. The van der Waals surface area contributed by atoms with Crippen LogP contribution in [0, 0.1) is 5.82 Å². The van der Waals surface area contributed by atoms with Crippen molar-refractivity contribution in [2.75, 3.05) is 44.2 Å². The molecule has 4 fully saturated rings. The van der Waals surface area contributed by atoms with Gasteiger partial charge in [-0.3, -0.25) is 15.0 Å². The van der Waals surface area contributed by atoms with E-state index in [1.807, 2.05) is 35.2 Å². The highest BCUT2D eigenvalue weighted by molar-refractivity contribution is 7.87. The van der Waals surface area contributed by atoms with E-state index < -0.39 is 33.3 Å². The van der Waals surface area contributed by atoms with Crippen molar-refractivity contribution < 1.29 is 21.9 Å². The first kappa shape index (κ1) is 29.1. The van der Waals surface area contributed by atoms with Crippen molar-refractivity contribution in [3.8, 4) is 17.3 Å². The first-order valence-electron chi connectivity index (χ1n) is 16.0. The lowest BCUT2D eigenvalue weighted by Gasteiger charge is -2.40. The van der Waals surface area contributed by atoms with Crippen molar-refractivity contribution in [3.63, 3.8) is 0 Å². The van der Waals surface area contributed by atoms with Crippen LogP contribution in [-0.2, 0) is 10.2 Å². The standard InChI is InChI=1S/C32H33F2N9O3S/c33-20-12-32(8-4-10-43(32)15-20)18-46-30-38-27-23(29(39-30)42-9-3-7-31(17-42)16-37-47(44,45)41-31)13-35-28(26(27)34)25-21-6-2-1-5-19(21)11-24-22(25)14-36-40-24/h1-2,5-6,11,13-14,20,37,41H,3-4,7-10,12,15-18H2,(H,36,40)/t20-,31?,32+/m1/s1. The highest BCUT2D eigenvalue weighted by Gasteiger charge is 2.49. The number of nitrogens with zero attached hydrogens (tertiary/aromatic N) is 6. The molecule has 244 valence electrons. The van der Waals surface area contributed by atoms with Crippen LogP contribution in [0.25, 0.3) is 43.8 Å². The number of hydrogen-bond acceptors (Lipinski definition) is 9. The van der Waals surface area contributed by atoms with Gasteiger partial charge in [-0.05, 0) is 49.1 Å². The lowest BCUT2D eigenvalue weighted by atomic mass is 9.90. The minimum atomic E-state index is -3.62. The number of pyridine rings is 1. The van der Waals surface area contributed by atoms with Crippen LogP contribution >= 0.6 is 0 Å². The van der Waals surface area contributed by atoms with Gasteiger partial charge in [-0.25, -0.2) is 13.5 Å². The molecule has 0 bridgehead atoms. The first-order valence-corrected chi connectivity index (χ1v) is 17.5. The van der Waals surface area contributed by atoms with Gasteiger partial charge in [-0.1, -0.05) is 24.3 Å². The summed E-state index contributed by atoms with van der Waals surface area (Å²) in [5.41, 5.74) is 0.328. The van der Waals surface area contributed by atoms with Crippen LogP contribution in [0.3, 0.4) is 0 Å². The molecule has 5 aromatic rings. The molecular weight excluding hydrogens is 628 g/mol. The summed E-state index contributed by atoms with van der Waals surface area (Å²) in [5, 5.41) is 10.0. The van der Waals surface area contributed by atoms with Crippen molar-refractivity contribution in [2.45, 2.75) is 49.4 Å². The molecule has 4 aliphatic heterocycles. The fraction of sp³-hybridized carbons (Fsp3) is 0.438. The van der Waals surface area contributed by atoms with Gasteiger partial charge in [0.1, 0.15) is 29.8 Å². The Kier molecular flexibility index (Phi) is 6.49. The second kappa shape index (κ2) is 10.5. The zero-order chi connectivity index (χ0) is 32.0. The SMILES string of the molecule is O=S1(=O)NCC2(CCCN(c3nc(OC[C@@]45CCCN4C[C@H](F)C5)nc4c(F)c(-c5c6ccccc6cc6[nH]ncc56)ncc34)C2)N1. The highest BCUT2D eigenvalue weighted by atomic mass is 32.2. The minimum absolute atomic E-state index is 0.0109. The third-order valence-corrected chi connectivity index (χ3v) is 11.6. The normalized spacial score (nSPS) is 27.4. The average Bonchev–Trinajstić information content (AvgIpc) is 3.81. The maximum Gasteiger partial charge on any atom is 0.319 e. The summed E-state index contributed by atoms with van der Waals surface area (Å²) in [6.07, 6.45) is 5.79. The van der Waals surface area contributed by atoms with Crippen molar-refractivity contribution in [3.05, 3.63) is 48.5 Å². The molecule has 0 amide bonds. The molecule has 0 saturated carbocycles. The Labute approximate surface area is 269 Å². The fourth-order valence-electron chi connectivity index (χ4n) is 8.29. The molecule has 1 spiro atoms. The highest BCUT2D eigenvalue weighted by Crippen LogP contribution is 2.42. The van der Waals surface area contributed by atoms with Crippen LogP contribution in [0.4, 0.5) is 14.6 Å². The summed E-state index contributed by atoms with van der Waals surface area (Å²) < 4.78 is 67.9. The van der Waals surface area contributed by atoms with Gasteiger partial charge in [0.2, 0.25) is 0 Å². The van der Waals surface area contributed by atoms with Crippen molar-refractivity contribution in [2.24, 2.45) is 0 Å². The number of H-pyrrole nitrogens is 1. The van der Waals surface area contributed by atoms with E-state index in [0.29, 0.717) is 55.7 Å². The van der Waals surface area contributed by atoms with E-state index in [9.17, 15) is 12.8 Å². The second-order valence-electron chi connectivity index (χ2n) is 13.4. The van der Waals surface area contributed by atoms with Crippen LogP contribution in [-0.4, -0.2) is 95.0 Å². The molecular formula is C32H33F2N9O3S. The van der Waals surface area contributed by atoms with E-state index >= 15 is 4.39 Å². The number of fused-ring (bicyclic) bond motifs is 4. The molecule has 0 aliphatic carbocycles. The molecule has 15 heteroatoms. The zero-order valence-electron chi connectivity index (χ0n) is 25.5. The van der Waals surface area contributed by atoms with Gasteiger partial charge in [0.25, 0.3) is 10.2 Å². The number of alkyl halides is 1. The Morgan fingerprint density at radius 2 is 1.94 bits per heavy atom. The monoisotopic (exact) mass is 661 g/mol. The molecule has 12 nitrogen and oxygen atoms in total. The quantitative estimate of drug-likeness (QED) is 0.258. The van der Waals surface area contributed by atoms with Crippen LogP contribution in [0.1, 0.15) is 32.1 Å². The Bertz CT molecular complexity index is 2180. The van der Waals surface area contributed by atoms with Gasteiger partial charge in [0.05, 0.1) is 28.2 Å². The number of halogens is 2. The summed E-state index contributed by atoms with van der Waals surface area (Å²) in [4.78, 5) is 18.2. The smallest absolute Gasteiger partial charge is 0.319 e. The van der Waals surface area contributed by atoms with Crippen molar-refractivity contribution >= 4 is 48.6 Å². The Balaban J connectivity index is 1.19. The first-order chi connectivity index (χ1) is 22.7. The molecule has 0 radical (unpaired) electrons. The number of benzene rings is 2. The van der Waals surface area contributed by atoms with Crippen LogP contribution in [0.2, 0.25) is 0 Å². The fourth-order valence-corrected chi connectivity index (χ4v) is 9.64. The minimum Gasteiger partial charge on any atom is -0.461 e. The number of rotatable bonds is 5. The number of hydrogen-bond donors (Lipinski definition) is 3. The summed E-state index contributed by atoms with van der Waals surface area (Å²) in [6.45, 7) is 2.49. The molecule has 3 aromatic heterocycles. The maximum absolute atomic E-state index is 17.0. The molecule has 4 saturated heterocycles. The lowest BCUT2D eigenvalue weighted by Crippen LogP contribution is -2.56. The number of anilines is 1. The van der Waals surface area contributed by atoms with Gasteiger partial charge in [-0.2, -0.15) is 28.2 Å². The van der Waals surface area contributed by atoms with E-state index in [-0.39, 0.29) is 30.4 Å². The van der Waals surface area contributed by atoms with E-state index in [4.69, 9.17) is 9.72 Å². The van der Waals surface area contributed by atoms with Crippen LogP contribution in [0.15, 0.2) is 42.7 Å². The Hall–Kier alpha value is -4.05. The summed E-state index contributed by atoms with van der Waals surface area (Å²) in [7, 11) is -3.62. The number of ether oxygens (including phenoxy) is 1. The summed E-state index contributed by atoms with van der Waals surface area (Å²) in [6, 6.07) is 9.67. The maximum atomic E-state index is 17.0. The second-order valence-corrected chi connectivity index (χ2v) is 14.9. The van der Waals surface area contributed by atoms with Gasteiger partial charge in [-0.15, -0.1) is 0 Å². The summed E-state index contributed by atoms with van der Waals surface area (Å²) >= 11 is 0. The van der Waals surface area contributed by atoms with Crippen LogP contribution < -0.4 is 19.1 Å². The number of piperidine rings is 1. The third kappa shape index (κ3) is 4.73. The third-order valence-electron chi connectivity index (χ3n) is 10.4. The van der Waals surface area contributed by atoms with Gasteiger partial charge in [0.15, 0.2) is 5.82 Å². The Morgan fingerprint density at radius 3 is 2.81 bits per heavy atom. The molecule has 9 rings (SSSR count). The van der Waals surface area contributed by atoms with E-state index in [0.717, 1.165) is 41.1 Å². The number of aromatic amines is 1. The molecule has 7 heterocycles. The average molecular weight is 662 g/mol. The van der Waals surface area contributed by atoms with Crippen molar-refractivity contribution in [1.29, 1.82) is 0 Å². The molecule has 3 atom stereocenters. The summed E-state index contributed by atoms with van der Waals surface area (Å²) in [5.74, 6) is -0.217.